The Bertz CT molecular complexity index is 689. The highest BCUT2D eigenvalue weighted by Gasteiger charge is 2.30. The van der Waals surface area contributed by atoms with Crippen LogP contribution < -0.4 is 10.5 Å². The number of rotatable bonds is 3. The summed E-state index contributed by atoms with van der Waals surface area (Å²) in [5.41, 5.74) is 4.07. The second-order valence-electron chi connectivity index (χ2n) is 3.94. The number of nitro groups is 1. The first-order chi connectivity index (χ1) is 9.77. The zero-order valence-electron chi connectivity index (χ0n) is 10.3. The number of halogens is 3. The summed E-state index contributed by atoms with van der Waals surface area (Å²) in [6, 6.07) is 6.37. The molecule has 0 aliphatic heterocycles. The van der Waals surface area contributed by atoms with Crippen LogP contribution in [-0.4, -0.2) is 9.91 Å². The number of ether oxygens (including phenoxy) is 1. The Balaban J connectivity index is 2.27. The minimum atomic E-state index is -4.50. The summed E-state index contributed by atoms with van der Waals surface area (Å²) in [4.78, 5) is 13.5. The zero-order chi connectivity index (χ0) is 15.6. The maximum atomic E-state index is 12.5. The first kappa shape index (κ1) is 14.6. The number of nitrogens with zero attached hydrogens (tertiary/aromatic N) is 2. The summed E-state index contributed by atoms with van der Waals surface area (Å²) in [6.45, 7) is 0. The molecule has 9 heteroatoms. The first-order valence-corrected chi connectivity index (χ1v) is 5.53. The van der Waals surface area contributed by atoms with Crippen molar-refractivity contribution in [2.24, 2.45) is 0 Å². The summed E-state index contributed by atoms with van der Waals surface area (Å²) in [5, 5.41) is 10.6. The third kappa shape index (κ3) is 3.38. The molecule has 1 aromatic carbocycles. The van der Waals surface area contributed by atoms with Gasteiger partial charge in [0.05, 0.1) is 10.5 Å². The average Bonchev–Trinajstić information content (AvgIpc) is 2.37. The van der Waals surface area contributed by atoms with Crippen LogP contribution in [0.4, 0.5) is 24.7 Å². The summed E-state index contributed by atoms with van der Waals surface area (Å²) >= 11 is 0. The molecule has 0 aliphatic carbocycles. The van der Waals surface area contributed by atoms with Crippen LogP contribution in [0.3, 0.4) is 0 Å². The predicted octanol–water partition coefficient (Wildman–Crippen LogP) is 3.38. The van der Waals surface area contributed by atoms with E-state index in [1.54, 1.807) is 0 Å². The van der Waals surface area contributed by atoms with Crippen molar-refractivity contribution in [3.8, 4) is 11.6 Å². The number of alkyl halides is 3. The molecule has 0 atom stereocenters. The normalized spacial score (nSPS) is 11.2. The molecule has 0 amide bonds. The summed E-state index contributed by atoms with van der Waals surface area (Å²) in [7, 11) is 0. The van der Waals surface area contributed by atoms with E-state index in [1.165, 1.54) is 12.1 Å². The number of hydrogen-bond donors (Lipinski definition) is 1. The number of anilines is 1. The molecule has 0 saturated carbocycles. The van der Waals surface area contributed by atoms with E-state index in [9.17, 15) is 23.3 Å². The molecule has 0 aliphatic rings. The number of pyridine rings is 1. The standard InChI is InChI=1S/C12H8F3N3O3/c13-12(14,15)7-2-1-3-8(6-7)21-10-5-4-9(18(19)20)11(16)17-10/h1-6H,(H2,16,17). The van der Waals surface area contributed by atoms with E-state index in [-0.39, 0.29) is 17.4 Å². The molecule has 1 heterocycles. The van der Waals surface area contributed by atoms with Crippen LogP contribution in [0, 0.1) is 10.1 Å². The van der Waals surface area contributed by atoms with Gasteiger partial charge in [-0.15, -0.1) is 0 Å². The Kier molecular flexibility index (Phi) is 3.66. The van der Waals surface area contributed by atoms with Gasteiger partial charge in [-0.3, -0.25) is 10.1 Å². The fourth-order valence-electron chi connectivity index (χ4n) is 1.52. The molecule has 0 spiro atoms. The van der Waals surface area contributed by atoms with Gasteiger partial charge in [0.2, 0.25) is 11.7 Å². The topological polar surface area (TPSA) is 91.3 Å². The minimum Gasteiger partial charge on any atom is -0.439 e. The van der Waals surface area contributed by atoms with Gasteiger partial charge < -0.3 is 10.5 Å². The van der Waals surface area contributed by atoms with E-state index in [4.69, 9.17) is 10.5 Å². The van der Waals surface area contributed by atoms with Crippen LogP contribution in [-0.2, 0) is 6.18 Å². The monoisotopic (exact) mass is 299 g/mol. The van der Waals surface area contributed by atoms with Crippen LogP contribution in [0.1, 0.15) is 5.56 Å². The maximum Gasteiger partial charge on any atom is 0.416 e. The van der Waals surface area contributed by atoms with Crippen molar-refractivity contribution in [1.82, 2.24) is 4.98 Å². The van der Waals surface area contributed by atoms with Gasteiger partial charge in [-0.05, 0) is 18.2 Å². The Morgan fingerprint density at radius 2 is 1.95 bits per heavy atom. The van der Waals surface area contributed by atoms with E-state index in [2.05, 4.69) is 4.98 Å². The van der Waals surface area contributed by atoms with Crippen molar-refractivity contribution >= 4 is 11.5 Å². The van der Waals surface area contributed by atoms with Gasteiger partial charge in [0, 0.05) is 12.1 Å². The summed E-state index contributed by atoms with van der Waals surface area (Å²) < 4.78 is 42.8. The highest BCUT2D eigenvalue weighted by molar-refractivity contribution is 5.53. The maximum absolute atomic E-state index is 12.5. The SMILES string of the molecule is Nc1nc(Oc2cccc(C(F)(F)F)c2)ccc1[N+](=O)[O-]. The molecule has 21 heavy (non-hydrogen) atoms. The van der Waals surface area contributed by atoms with Crippen LogP contribution in [0.25, 0.3) is 0 Å². The molecule has 0 unspecified atom stereocenters. The lowest BCUT2D eigenvalue weighted by Crippen LogP contribution is -2.04. The first-order valence-electron chi connectivity index (χ1n) is 5.53. The Hall–Kier alpha value is -2.84. The molecule has 2 aromatic rings. The lowest BCUT2D eigenvalue weighted by Gasteiger charge is -2.09. The fraction of sp³-hybridized carbons (Fsp3) is 0.0833. The number of aromatic nitrogens is 1. The third-order valence-electron chi connectivity index (χ3n) is 2.46. The molecule has 2 N–H and O–H groups in total. The lowest BCUT2D eigenvalue weighted by atomic mass is 10.2. The van der Waals surface area contributed by atoms with Crippen LogP contribution in [0.15, 0.2) is 36.4 Å². The van der Waals surface area contributed by atoms with Crippen molar-refractivity contribution in [3.05, 3.63) is 52.1 Å². The van der Waals surface area contributed by atoms with E-state index >= 15 is 0 Å². The molecule has 0 radical (unpaired) electrons. The minimum absolute atomic E-state index is 0.106. The Labute approximate surface area is 116 Å². The lowest BCUT2D eigenvalue weighted by molar-refractivity contribution is -0.384. The van der Waals surface area contributed by atoms with Gasteiger partial charge in [-0.25, -0.2) is 0 Å². The largest absolute Gasteiger partial charge is 0.439 e. The van der Waals surface area contributed by atoms with Gasteiger partial charge in [-0.1, -0.05) is 6.07 Å². The Morgan fingerprint density at radius 3 is 2.52 bits per heavy atom. The third-order valence-corrected chi connectivity index (χ3v) is 2.46. The van der Waals surface area contributed by atoms with Crippen molar-refractivity contribution in [2.45, 2.75) is 6.18 Å². The van der Waals surface area contributed by atoms with E-state index < -0.39 is 22.4 Å². The van der Waals surface area contributed by atoms with E-state index in [1.807, 2.05) is 0 Å². The van der Waals surface area contributed by atoms with Crippen molar-refractivity contribution in [3.63, 3.8) is 0 Å². The summed E-state index contributed by atoms with van der Waals surface area (Å²) in [6.07, 6.45) is -4.50. The summed E-state index contributed by atoms with van der Waals surface area (Å²) in [5.74, 6) is -0.632. The molecule has 0 fully saturated rings. The van der Waals surface area contributed by atoms with Gasteiger partial charge in [0.25, 0.3) is 0 Å². The number of nitrogen functional groups attached to an aromatic ring is 1. The van der Waals surface area contributed by atoms with Crippen molar-refractivity contribution in [2.75, 3.05) is 5.73 Å². The van der Waals surface area contributed by atoms with E-state index in [0.717, 1.165) is 24.3 Å². The molecular weight excluding hydrogens is 291 g/mol. The highest BCUT2D eigenvalue weighted by Crippen LogP contribution is 2.33. The second kappa shape index (κ2) is 5.27. The number of nitrogens with two attached hydrogens (primary N) is 1. The molecule has 0 bridgehead atoms. The molecule has 2 rings (SSSR count). The molecule has 0 saturated heterocycles. The van der Waals surface area contributed by atoms with Gasteiger partial charge in [0.1, 0.15) is 5.75 Å². The van der Waals surface area contributed by atoms with E-state index in [0.29, 0.717) is 0 Å². The van der Waals surface area contributed by atoms with Crippen LogP contribution in [0.2, 0.25) is 0 Å². The van der Waals surface area contributed by atoms with Gasteiger partial charge in [0.15, 0.2) is 0 Å². The van der Waals surface area contributed by atoms with Crippen LogP contribution >= 0.6 is 0 Å². The molecule has 110 valence electrons. The number of benzene rings is 1. The van der Waals surface area contributed by atoms with Gasteiger partial charge >= 0.3 is 11.9 Å². The molecule has 1 aromatic heterocycles. The second-order valence-corrected chi connectivity index (χ2v) is 3.94. The van der Waals surface area contributed by atoms with Gasteiger partial charge in [-0.2, -0.15) is 18.2 Å². The predicted molar refractivity (Wildman–Crippen MR) is 66.8 cm³/mol. The molecular formula is C12H8F3N3O3. The van der Waals surface area contributed by atoms with Crippen molar-refractivity contribution in [1.29, 1.82) is 0 Å². The van der Waals surface area contributed by atoms with Crippen molar-refractivity contribution < 1.29 is 22.8 Å². The number of hydrogen-bond acceptors (Lipinski definition) is 5. The highest BCUT2D eigenvalue weighted by atomic mass is 19.4. The molecule has 6 nitrogen and oxygen atoms in total. The van der Waals surface area contributed by atoms with Crippen LogP contribution in [0.5, 0.6) is 11.6 Å². The fourth-order valence-corrected chi connectivity index (χ4v) is 1.52. The average molecular weight is 299 g/mol. The Morgan fingerprint density at radius 1 is 1.24 bits per heavy atom. The zero-order valence-corrected chi connectivity index (χ0v) is 10.3. The quantitative estimate of drug-likeness (QED) is 0.693. The smallest absolute Gasteiger partial charge is 0.416 e.